The predicted molar refractivity (Wildman–Crippen MR) is 61.9 cm³/mol. The quantitative estimate of drug-likeness (QED) is 0.805. The maximum absolute atomic E-state index is 6.37. The minimum absolute atomic E-state index is 0.141. The zero-order valence-corrected chi connectivity index (χ0v) is 9.71. The Morgan fingerprint density at radius 2 is 1.93 bits per heavy atom. The first kappa shape index (κ1) is 10.5. The molecule has 2 rings (SSSR count). The van der Waals surface area contributed by atoms with Gasteiger partial charge >= 0.3 is 0 Å². The van der Waals surface area contributed by atoms with Crippen LogP contribution in [-0.2, 0) is 5.54 Å². The van der Waals surface area contributed by atoms with Crippen LogP contribution >= 0.6 is 0 Å². The van der Waals surface area contributed by atoms with E-state index in [1.54, 1.807) is 7.11 Å². The lowest BCUT2D eigenvalue weighted by Crippen LogP contribution is -2.53. The van der Waals surface area contributed by atoms with Crippen molar-refractivity contribution in [1.29, 1.82) is 0 Å². The second kappa shape index (κ2) is 3.24. The van der Waals surface area contributed by atoms with Crippen molar-refractivity contribution in [2.45, 2.75) is 32.2 Å². The number of rotatable bonds is 2. The van der Waals surface area contributed by atoms with Crippen LogP contribution in [0, 0.1) is 5.41 Å². The van der Waals surface area contributed by atoms with Gasteiger partial charge < -0.3 is 10.5 Å². The van der Waals surface area contributed by atoms with Gasteiger partial charge in [0.15, 0.2) is 0 Å². The molecule has 0 atom stereocenters. The first-order chi connectivity index (χ1) is 6.95. The van der Waals surface area contributed by atoms with E-state index in [0.717, 1.165) is 18.6 Å². The van der Waals surface area contributed by atoms with Gasteiger partial charge in [-0.25, -0.2) is 0 Å². The second-order valence-electron chi connectivity index (χ2n) is 5.41. The molecule has 1 saturated carbocycles. The summed E-state index contributed by atoms with van der Waals surface area (Å²) in [6, 6.07) is 8.11. The van der Waals surface area contributed by atoms with Crippen LogP contribution in [0.4, 0.5) is 0 Å². The third kappa shape index (κ3) is 1.86. The van der Waals surface area contributed by atoms with Crippen molar-refractivity contribution >= 4 is 0 Å². The van der Waals surface area contributed by atoms with Crippen molar-refractivity contribution in [2.24, 2.45) is 11.1 Å². The Hall–Kier alpha value is -1.02. The third-order valence-corrected chi connectivity index (χ3v) is 3.23. The Morgan fingerprint density at radius 3 is 2.47 bits per heavy atom. The number of hydrogen-bond acceptors (Lipinski definition) is 2. The molecule has 2 N–H and O–H groups in total. The molecular formula is C13H19NO. The third-order valence-electron chi connectivity index (χ3n) is 3.23. The highest BCUT2D eigenvalue weighted by Crippen LogP contribution is 2.52. The van der Waals surface area contributed by atoms with Crippen molar-refractivity contribution in [3.63, 3.8) is 0 Å². The maximum Gasteiger partial charge on any atom is 0.119 e. The first-order valence-electron chi connectivity index (χ1n) is 5.39. The molecule has 82 valence electrons. The molecule has 2 heteroatoms. The summed E-state index contributed by atoms with van der Waals surface area (Å²) in [5.41, 5.74) is 7.81. The Morgan fingerprint density at radius 1 is 1.27 bits per heavy atom. The summed E-state index contributed by atoms with van der Waals surface area (Å²) in [5, 5.41) is 0. The largest absolute Gasteiger partial charge is 0.497 e. The monoisotopic (exact) mass is 205 g/mol. The van der Waals surface area contributed by atoms with Crippen molar-refractivity contribution in [3.05, 3.63) is 29.8 Å². The minimum Gasteiger partial charge on any atom is -0.497 e. The van der Waals surface area contributed by atoms with E-state index in [9.17, 15) is 0 Å². The zero-order valence-electron chi connectivity index (χ0n) is 9.71. The molecule has 1 aromatic carbocycles. The van der Waals surface area contributed by atoms with Gasteiger partial charge in [-0.1, -0.05) is 26.0 Å². The first-order valence-corrected chi connectivity index (χ1v) is 5.39. The molecule has 0 aliphatic heterocycles. The molecular weight excluding hydrogens is 186 g/mol. The van der Waals surface area contributed by atoms with E-state index in [0.29, 0.717) is 5.41 Å². The smallest absolute Gasteiger partial charge is 0.119 e. The molecule has 1 aliphatic carbocycles. The summed E-state index contributed by atoms with van der Waals surface area (Å²) < 4.78 is 5.22. The molecule has 1 aromatic rings. The van der Waals surface area contributed by atoms with Crippen LogP contribution in [0.1, 0.15) is 32.3 Å². The molecule has 0 bridgehead atoms. The molecule has 1 aliphatic rings. The SMILES string of the molecule is COc1cccc(C2(N)CC(C)(C)C2)c1. The van der Waals surface area contributed by atoms with Crippen LogP contribution in [-0.4, -0.2) is 7.11 Å². The summed E-state index contributed by atoms with van der Waals surface area (Å²) in [7, 11) is 1.69. The molecule has 0 amide bonds. The summed E-state index contributed by atoms with van der Waals surface area (Å²) >= 11 is 0. The van der Waals surface area contributed by atoms with Crippen LogP contribution in [0.5, 0.6) is 5.75 Å². The molecule has 0 heterocycles. The average Bonchev–Trinajstić information content (AvgIpc) is 2.15. The molecule has 1 fully saturated rings. The number of ether oxygens (including phenoxy) is 1. The Balaban J connectivity index is 2.23. The average molecular weight is 205 g/mol. The lowest BCUT2D eigenvalue weighted by atomic mass is 9.57. The van der Waals surface area contributed by atoms with E-state index in [2.05, 4.69) is 26.0 Å². The summed E-state index contributed by atoms with van der Waals surface area (Å²) in [6.45, 7) is 4.52. The van der Waals surface area contributed by atoms with Gasteiger partial charge in [0.1, 0.15) is 5.75 Å². The molecule has 0 radical (unpaired) electrons. The van der Waals surface area contributed by atoms with Crippen LogP contribution in [0.25, 0.3) is 0 Å². The van der Waals surface area contributed by atoms with Crippen LogP contribution in [0.2, 0.25) is 0 Å². The van der Waals surface area contributed by atoms with E-state index in [1.807, 2.05) is 12.1 Å². The van der Waals surface area contributed by atoms with Gasteiger partial charge in [-0.15, -0.1) is 0 Å². The van der Waals surface area contributed by atoms with Gasteiger partial charge in [-0.2, -0.15) is 0 Å². The standard InChI is InChI=1S/C13H19NO/c1-12(2)8-13(14,9-12)10-5-4-6-11(7-10)15-3/h4-7H,8-9,14H2,1-3H3. The Kier molecular flexibility index (Phi) is 2.27. The molecule has 0 saturated heterocycles. The van der Waals surface area contributed by atoms with Gasteiger partial charge in [0.2, 0.25) is 0 Å². The van der Waals surface area contributed by atoms with Crippen LogP contribution in [0.15, 0.2) is 24.3 Å². The lowest BCUT2D eigenvalue weighted by molar-refractivity contribution is 0.0617. The summed E-state index contributed by atoms with van der Waals surface area (Å²) in [4.78, 5) is 0. The molecule has 0 aromatic heterocycles. The second-order valence-corrected chi connectivity index (χ2v) is 5.41. The van der Waals surface area contributed by atoms with Crippen molar-refractivity contribution < 1.29 is 4.74 Å². The van der Waals surface area contributed by atoms with E-state index >= 15 is 0 Å². The van der Waals surface area contributed by atoms with E-state index in [1.165, 1.54) is 5.56 Å². The topological polar surface area (TPSA) is 35.2 Å². The van der Waals surface area contributed by atoms with Gasteiger partial charge in [0.25, 0.3) is 0 Å². The molecule has 0 spiro atoms. The molecule has 15 heavy (non-hydrogen) atoms. The fraction of sp³-hybridized carbons (Fsp3) is 0.538. The van der Waals surface area contributed by atoms with Crippen LogP contribution in [0.3, 0.4) is 0 Å². The number of methoxy groups -OCH3 is 1. The summed E-state index contributed by atoms with van der Waals surface area (Å²) in [6.07, 6.45) is 2.10. The fourth-order valence-corrected chi connectivity index (χ4v) is 2.79. The van der Waals surface area contributed by atoms with E-state index < -0.39 is 0 Å². The highest BCUT2D eigenvalue weighted by molar-refractivity contribution is 5.35. The Labute approximate surface area is 91.4 Å². The number of nitrogens with two attached hydrogens (primary N) is 1. The molecule has 0 unspecified atom stereocenters. The number of benzene rings is 1. The van der Waals surface area contributed by atoms with E-state index in [4.69, 9.17) is 10.5 Å². The lowest BCUT2D eigenvalue weighted by Gasteiger charge is -2.51. The van der Waals surface area contributed by atoms with Crippen molar-refractivity contribution in [3.8, 4) is 5.75 Å². The van der Waals surface area contributed by atoms with Gasteiger partial charge in [0.05, 0.1) is 7.11 Å². The summed E-state index contributed by atoms with van der Waals surface area (Å²) in [5.74, 6) is 0.891. The predicted octanol–water partition coefficient (Wildman–Crippen LogP) is 2.67. The van der Waals surface area contributed by atoms with E-state index in [-0.39, 0.29) is 5.54 Å². The normalized spacial score (nSPS) is 21.9. The van der Waals surface area contributed by atoms with Crippen LogP contribution < -0.4 is 10.5 Å². The number of hydrogen-bond donors (Lipinski definition) is 1. The van der Waals surface area contributed by atoms with Crippen molar-refractivity contribution in [2.75, 3.05) is 7.11 Å². The van der Waals surface area contributed by atoms with Gasteiger partial charge in [-0.05, 0) is 36.0 Å². The molecule has 2 nitrogen and oxygen atoms in total. The van der Waals surface area contributed by atoms with Crippen molar-refractivity contribution in [1.82, 2.24) is 0 Å². The van der Waals surface area contributed by atoms with Gasteiger partial charge in [-0.3, -0.25) is 0 Å². The fourth-order valence-electron chi connectivity index (χ4n) is 2.79. The highest BCUT2D eigenvalue weighted by atomic mass is 16.5. The maximum atomic E-state index is 6.37. The Bertz CT molecular complexity index is 363. The zero-order chi connectivity index (χ0) is 11.1. The van der Waals surface area contributed by atoms with Gasteiger partial charge in [0, 0.05) is 5.54 Å². The highest BCUT2D eigenvalue weighted by Gasteiger charge is 2.47. The minimum atomic E-state index is -0.141.